The molecule has 3 aliphatic carbocycles. The Balaban J connectivity index is 1.44. The molecular formula is C27H45NO2. The molecule has 1 saturated heterocycles. The standard InChI is InChI=1S/C27H45NO2/c1-6-17-30-18-7-8-19(2)21-10-11-22-20-9-12-24-27(4,16-14-25(29)28(24)5)23(20)13-15-26(21,22)3/h6,19-24H,1,7-18H2,2-5H3/t19-,20+,21-,22+,23+,24-,26-,27-/m1/s1. The topological polar surface area (TPSA) is 29.5 Å². The Labute approximate surface area is 185 Å². The van der Waals surface area contributed by atoms with Gasteiger partial charge in [0.15, 0.2) is 0 Å². The Kier molecular flexibility index (Phi) is 6.41. The molecule has 4 rings (SSSR count). The van der Waals surface area contributed by atoms with Gasteiger partial charge in [0.2, 0.25) is 5.91 Å². The number of piperidine rings is 1. The number of nitrogens with zero attached hydrogens (tertiary/aromatic N) is 1. The van der Waals surface area contributed by atoms with Crippen LogP contribution in [0.15, 0.2) is 12.7 Å². The van der Waals surface area contributed by atoms with E-state index in [2.05, 4.69) is 39.3 Å². The van der Waals surface area contributed by atoms with Crippen molar-refractivity contribution in [2.75, 3.05) is 20.3 Å². The van der Waals surface area contributed by atoms with Gasteiger partial charge in [-0.25, -0.2) is 0 Å². The lowest BCUT2D eigenvalue weighted by Gasteiger charge is -2.62. The van der Waals surface area contributed by atoms with Crippen LogP contribution < -0.4 is 0 Å². The summed E-state index contributed by atoms with van der Waals surface area (Å²) in [5, 5.41) is 0. The summed E-state index contributed by atoms with van der Waals surface area (Å²) in [6.45, 7) is 13.0. The molecule has 0 N–H and O–H groups in total. The lowest BCUT2D eigenvalue weighted by Crippen LogP contribution is -2.61. The molecule has 30 heavy (non-hydrogen) atoms. The maximum Gasteiger partial charge on any atom is 0.222 e. The van der Waals surface area contributed by atoms with Crippen LogP contribution in [0.4, 0.5) is 0 Å². The van der Waals surface area contributed by atoms with E-state index in [1.54, 1.807) is 0 Å². The fraction of sp³-hybridized carbons (Fsp3) is 0.889. The molecule has 3 saturated carbocycles. The molecule has 1 aliphatic heterocycles. The number of carbonyl (C=O) groups is 1. The third kappa shape index (κ3) is 3.57. The van der Waals surface area contributed by atoms with Crippen molar-refractivity contribution in [3.63, 3.8) is 0 Å². The van der Waals surface area contributed by atoms with Gasteiger partial charge in [0.25, 0.3) is 0 Å². The van der Waals surface area contributed by atoms with Crippen LogP contribution in [0.1, 0.15) is 85.0 Å². The number of likely N-dealkylation sites (tertiary alicyclic amines) is 1. The first kappa shape index (κ1) is 22.4. The highest BCUT2D eigenvalue weighted by molar-refractivity contribution is 5.77. The summed E-state index contributed by atoms with van der Waals surface area (Å²) in [5.41, 5.74) is 0.876. The molecule has 0 unspecified atom stereocenters. The number of amides is 1. The largest absolute Gasteiger partial charge is 0.377 e. The van der Waals surface area contributed by atoms with Crippen molar-refractivity contribution >= 4 is 5.91 Å². The van der Waals surface area contributed by atoms with Crippen LogP contribution in [0, 0.1) is 40.4 Å². The van der Waals surface area contributed by atoms with E-state index in [1.807, 2.05) is 6.08 Å². The van der Waals surface area contributed by atoms with E-state index in [4.69, 9.17) is 4.74 Å². The molecule has 0 spiro atoms. The van der Waals surface area contributed by atoms with Gasteiger partial charge in [0, 0.05) is 26.1 Å². The number of hydrogen-bond donors (Lipinski definition) is 0. The highest BCUT2D eigenvalue weighted by Crippen LogP contribution is 2.67. The van der Waals surface area contributed by atoms with E-state index >= 15 is 0 Å². The number of rotatable bonds is 7. The Morgan fingerprint density at radius 2 is 1.90 bits per heavy atom. The predicted molar refractivity (Wildman–Crippen MR) is 123 cm³/mol. The van der Waals surface area contributed by atoms with Gasteiger partial charge in [-0.2, -0.15) is 0 Å². The molecule has 3 heteroatoms. The van der Waals surface area contributed by atoms with E-state index < -0.39 is 0 Å². The van der Waals surface area contributed by atoms with E-state index in [0.29, 0.717) is 29.4 Å². The Morgan fingerprint density at radius 3 is 2.67 bits per heavy atom. The molecule has 0 aromatic carbocycles. The molecule has 0 radical (unpaired) electrons. The minimum Gasteiger partial charge on any atom is -0.377 e. The second-order valence-corrected chi connectivity index (χ2v) is 11.7. The minimum atomic E-state index is 0.346. The number of carbonyl (C=O) groups excluding carboxylic acids is 1. The lowest BCUT2D eigenvalue weighted by molar-refractivity contribution is -0.158. The lowest BCUT2D eigenvalue weighted by atomic mass is 9.46. The Morgan fingerprint density at radius 1 is 1.13 bits per heavy atom. The second-order valence-electron chi connectivity index (χ2n) is 11.7. The number of fused-ring (bicyclic) bond motifs is 5. The van der Waals surface area contributed by atoms with E-state index in [0.717, 1.165) is 49.0 Å². The first-order chi connectivity index (χ1) is 14.3. The molecule has 4 fully saturated rings. The van der Waals surface area contributed by atoms with E-state index in [1.165, 1.54) is 51.4 Å². The van der Waals surface area contributed by atoms with Crippen LogP contribution in [0.5, 0.6) is 0 Å². The highest BCUT2D eigenvalue weighted by Gasteiger charge is 2.61. The normalized spacial score (nSPS) is 44.2. The van der Waals surface area contributed by atoms with Gasteiger partial charge in [-0.1, -0.05) is 26.8 Å². The molecule has 0 aromatic heterocycles. The fourth-order valence-corrected chi connectivity index (χ4v) is 9.00. The van der Waals surface area contributed by atoms with Gasteiger partial charge >= 0.3 is 0 Å². The third-order valence-electron chi connectivity index (χ3n) is 10.5. The van der Waals surface area contributed by atoms with Crippen LogP contribution in [-0.2, 0) is 9.53 Å². The van der Waals surface area contributed by atoms with Gasteiger partial charge in [-0.15, -0.1) is 6.58 Å². The molecule has 0 bridgehead atoms. The first-order valence-corrected chi connectivity index (χ1v) is 12.8. The zero-order chi connectivity index (χ0) is 21.5. The fourth-order valence-electron chi connectivity index (χ4n) is 9.00. The number of hydrogen-bond acceptors (Lipinski definition) is 2. The van der Waals surface area contributed by atoms with Crippen molar-refractivity contribution < 1.29 is 9.53 Å². The van der Waals surface area contributed by atoms with Crippen LogP contribution in [0.25, 0.3) is 0 Å². The van der Waals surface area contributed by atoms with Gasteiger partial charge in [-0.05, 0) is 98.2 Å². The number of ether oxygens (including phenoxy) is 1. The van der Waals surface area contributed by atoms with Crippen LogP contribution in [0.2, 0.25) is 0 Å². The maximum atomic E-state index is 12.4. The summed E-state index contributed by atoms with van der Waals surface area (Å²) in [4.78, 5) is 14.5. The summed E-state index contributed by atoms with van der Waals surface area (Å²) in [6.07, 6.45) is 14.4. The SMILES string of the molecule is C=CCOCCC[C@@H](C)[C@H]1CC[C@H]2[C@@H]3CC[C@H]4N(C)C(=O)CC[C@]4(C)[C@H]3CC[C@]12C. The average molecular weight is 416 g/mol. The summed E-state index contributed by atoms with van der Waals surface area (Å²) in [5.74, 6) is 4.68. The van der Waals surface area contributed by atoms with Crippen molar-refractivity contribution in [1.29, 1.82) is 0 Å². The Hall–Kier alpha value is -0.830. The van der Waals surface area contributed by atoms with E-state index in [-0.39, 0.29) is 0 Å². The molecule has 4 aliphatic rings. The smallest absolute Gasteiger partial charge is 0.222 e. The van der Waals surface area contributed by atoms with Crippen LogP contribution >= 0.6 is 0 Å². The van der Waals surface area contributed by atoms with Gasteiger partial charge in [-0.3, -0.25) is 4.79 Å². The van der Waals surface area contributed by atoms with Crippen molar-refractivity contribution in [3.05, 3.63) is 12.7 Å². The summed E-state index contributed by atoms with van der Waals surface area (Å²) in [7, 11) is 2.07. The average Bonchev–Trinajstić information content (AvgIpc) is 3.08. The van der Waals surface area contributed by atoms with Gasteiger partial charge in [0.05, 0.1) is 6.61 Å². The van der Waals surface area contributed by atoms with Crippen molar-refractivity contribution in [2.24, 2.45) is 40.4 Å². The van der Waals surface area contributed by atoms with Gasteiger partial charge in [0.1, 0.15) is 0 Å². The van der Waals surface area contributed by atoms with Crippen LogP contribution in [-0.4, -0.2) is 37.1 Å². The maximum absolute atomic E-state index is 12.4. The predicted octanol–water partition coefficient (Wildman–Crippen LogP) is 6.08. The molecule has 0 aromatic rings. The van der Waals surface area contributed by atoms with Crippen molar-refractivity contribution in [3.8, 4) is 0 Å². The Bertz CT molecular complexity index is 647. The van der Waals surface area contributed by atoms with Crippen LogP contribution in [0.3, 0.4) is 0 Å². The minimum absolute atomic E-state index is 0.346. The molecule has 1 amide bonds. The van der Waals surface area contributed by atoms with Gasteiger partial charge < -0.3 is 9.64 Å². The second kappa shape index (κ2) is 8.60. The molecule has 3 nitrogen and oxygen atoms in total. The summed E-state index contributed by atoms with van der Waals surface area (Å²) in [6, 6.07) is 0.482. The zero-order valence-electron chi connectivity index (χ0n) is 20.0. The molecule has 8 atom stereocenters. The molecular weight excluding hydrogens is 370 g/mol. The molecule has 1 heterocycles. The van der Waals surface area contributed by atoms with Crippen molar-refractivity contribution in [1.82, 2.24) is 4.90 Å². The highest BCUT2D eigenvalue weighted by atomic mass is 16.5. The summed E-state index contributed by atoms with van der Waals surface area (Å²) < 4.78 is 5.63. The first-order valence-electron chi connectivity index (χ1n) is 12.8. The third-order valence-corrected chi connectivity index (χ3v) is 10.5. The molecule has 170 valence electrons. The van der Waals surface area contributed by atoms with E-state index in [9.17, 15) is 4.79 Å². The van der Waals surface area contributed by atoms with Crippen molar-refractivity contribution in [2.45, 2.75) is 91.0 Å². The summed E-state index contributed by atoms with van der Waals surface area (Å²) >= 11 is 0. The zero-order valence-corrected chi connectivity index (χ0v) is 20.0. The quantitative estimate of drug-likeness (QED) is 0.372. The monoisotopic (exact) mass is 415 g/mol.